The summed E-state index contributed by atoms with van der Waals surface area (Å²) in [5.74, 6) is 3.80. The van der Waals surface area contributed by atoms with Crippen molar-refractivity contribution in [1.82, 2.24) is 5.32 Å². The minimum Gasteiger partial charge on any atom is -0.457 e. The number of carbonyl (C=O) groups is 1. The zero-order valence-corrected chi connectivity index (χ0v) is 22.5. The Bertz CT molecular complexity index is 1370. The zero-order valence-electron chi connectivity index (χ0n) is 21.8. The number of ether oxygens (including phenoxy) is 2. The summed E-state index contributed by atoms with van der Waals surface area (Å²) >= 11 is 6.02. The van der Waals surface area contributed by atoms with Crippen LogP contribution in [-0.2, 0) is 0 Å². The van der Waals surface area contributed by atoms with Gasteiger partial charge in [0.2, 0.25) is 0 Å². The van der Waals surface area contributed by atoms with Crippen LogP contribution in [0.2, 0.25) is 5.02 Å². The first-order chi connectivity index (χ1) is 18.7. The molecule has 1 N–H and O–H groups in total. The van der Waals surface area contributed by atoms with Gasteiger partial charge < -0.3 is 14.8 Å². The highest BCUT2D eigenvalue weighted by atomic mass is 35.5. The highest BCUT2D eigenvalue weighted by Gasteiger charge is 2.53. The van der Waals surface area contributed by atoms with E-state index in [2.05, 4.69) is 12.2 Å². The van der Waals surface area contributed by atoms with Gasteiger partial charge in [0.15, 0.2) is 0 Å². The molecule has 8 heteroatoms. The predicted octanol–water partition coefficient (Wildman–Crippen LogP) is 8.17. The Balaban J connectivity index is 1.13. The lowest BCUT2D eigenvalue weighted by Crippen LogP contribution is -2.55. The number of rotatable bonds is 8. The van der Waals surface area contributed by atoms with E-state index in [1.165, 1.54) is 50.7 Å². The summed E-state index contributed by atoms with van der Waals surface area (Å²) in [5, 5.41) is 15.3. The second-order valence-electron chi connectivity index (χ2n) is 11.6. The van der Waals surface area contributed by atoms with Crippen LogP contribution in [0.25, 0.3) is 0 Å². The van der Waals surface area contributed by atoms with Crippen molar-refractivity contribution in [3.8, 4) is 23.0 Å². The number of amides is 1. The summed E-state index contributed by atoms with van der Waals surface area (Å²) in [6.45, 7) is 2.17. The molecule has 1 amide bonds. The van der Waals surface area contributed by atoms with Crippen molar-refractivity contribution in [3.63, 3.8) is 0 Å². The number of nitro groups is 1. The fraction of sp³-hybridized carbons (Fsp3) is 0.387. The number of nitrogens with zero attached hydrogens (tertiary/aromatic N) is 1. The maximum absolute atomic E-state index is 13.1. The molecule has 7 rings (SSSR count). The first-order valence-corrected chi connectivity index (χ1v) is 13.9. The van der Waals surface area contributed by atoms with Crippen LogP contribution in [-0.4, -0.2) is 16.9 Å². The van der Waals surface area contributed by atoms with E-state index in [1.54, 1.807) is 54.6 Å². The normalized spacial score (nSPS) is 25.6. The molecule has 4 saturated carbocycles. The summed E-state index contributed by atoms with van der Waals surface area (Å²) in [5.41, 5.74) is 0.627. The number of carbonyl (C=O) groups excluding carboxylic acids is 1. The maximum atomic E-state index is 13.1. The summed E-state index contributed by atoms with van der Waals surface area (Å²) in [6.07, 6.45) is 7.83. The Labute approximate surface area is 232 Å². The maximum Gasteiger partial charge on any atom is 0.276 e. The number of benzene rings is 3. The average molecular weight is 547 g/mol. The van der Waals surface area contributed by atoms with Crippen molar-refractivity contribution in [1.29, 1.82) is 0 Å². The monoisotopic (exact) mass is 546 g/mol. The molecule has 4 fully saturated rings. The number of non-ortho nitro benzene ring substituents is 1. The second kappa shape index (κ2) is 10.2. The number of hydrogen-bond donors (Lipinski definition) is 1. The van der Waals surface area contributed by atoms with Crippen LogP contribution in [0.5, 0.6) is 23.0 Å². The van der Waals surface area contributed by atoms with Gasteiger partial charge in [-0.3, -0.25) is 14.9 Å². The van der Waals surface area contributed by atoms with Gasteiger partial charge in [-0.05, 0) is 111 Å². The smallest absolute Gasteiger partial charge is 0.276 e. The molecule has 0 unspecified atom stereocenters. The minimum absolute atomic E-state index is 0.0858. The largest absolute Gasteiger partial charge is 0.457 e. The van der Waals surface area contributed by atoms with E-state index < -0.39 is 4.92 Å². The number of nitro benzene ring substituents is 1. The molecule has 3 aromatic carbocycles. The Hall–Kier alpha value is -3.58. The molecule has 0 aromatic heterocycles. The predicted molar refractivity (Wildman–Crippen MR) is 149 cm³/mol. The van der Waals surface area contributed by atoms with Crippen molar-refractivity contribution in [2.75, 3.05) is 0 Å². The molecule has 4 aliphatic rings. The van der Waals surface area contributed by atoms with Crippen LogP contribution in [0.4, 0.5) is 5.69 Å². The molecule has 4 aliphatic carbocycles. The molecule has 0 radical (unpaired) electrons. The second-order valence-corrected chi connectivity index (χ2v) is 12.0. The number of nitrogens with one attached hydrogen (secondary N) is 1. The molecule has 4 bridgehead atoms. The molecule has 7 nitrogen and oxygen atoms in total. The van der Waals surface area contributed by atoms with Crippen molar-refractivity contribution in [3.05, 3.63) is 87.4 Å². The summed E-state index contributed by atoms with van der Waals surface area (Å²) in [4.78, 5) is 24.1. The van der Waals surface area contributed by atoms with E-state index in [9.17, 15) is 14.9 Å². The Morgan fingerprint density at radius 2 is 1.49 bits per heavy atom. The first-order valence-electron chi connectivity index (χ1n) is 13.6. The van der Waals surface area contributed by atoms with Crippen LogP contribution >= 0.6 is 11.6 Å². The van der Waals surface area contributed by atoms with Gasteiger partial charge in [0, 0.05) is 22.7 Å². The van der Waals surface area contributed by atoms with Crippen molar-refractivity contribution in [2.24, 2.45) is 23.2 Å². The fourth-order valence-electron chi connectivity index (χ4n) is 7.40. The van der Waals surface area contributed by atoms with E-state index in [-0.39, 0.29) is 34.6 Å². The molecule has 0 aliphatic heterocycles. The molecule has 0 spiro atoms. The SMILES string of the molecule is C[C@@H](NC(=O)c1ccc(Oc2cc(Oc3cccc(Cl)c3)cc([N+](=O)[O-])c2)cc1)C12CC3CC(CC(C3)C1)C2. The number of halogens is 1. The molecule has 0 saturated heterocycles. The van der Waals surface area contributed by atoms with Crippen LogP contribution in [0, 0.1) is 33.3 Å². The van der Waals surface area contributed by atoms with E-state index >= 15 is 0 Å². The Kier molecular flexibility index (Phi) is 6.71. The van der Waals surface area contributed by atoms with Crippen LogP contribution in [0.3, 0.4) is 0 Å². The Morgan fingerprint density at radius 3 is 2.05 bits per heavy atom. The molecule has 3 aromatic rings. The first kappa shape index (κ1) is 25.7. The zero-order chi connectivity index (χ0) is 27.1. The van der Waals surface area contributed by atoms with E-state index in [4.69, 9.17) is 21.1 Å². The Morgan fingerprint density at radius 1 is 0.897 bits per heavy atom. The number of hydrogen-bond acceptors (Lipinski definition) is 5. The van der Waals surface area contributed by atoms with Gasteiger partial charge in [-0.1, -0.05) is 17.7 Å². The minimum atomic E-state index is -0.504. The highest BCUT2D eigenvalue weighted by molar-refractivity contribution is 6.30. The summed E-state index contributed by atoms with van der Waals surface area (Å²) in [6, 6.07) is 18.0. The van der Waals surface area contributed by atoms with E-state index in [0.29, 0.717) is 22.1 Å². The van der Waals surface area contributed by atoms with Gasteiger partial charge >= 0.3 is 0 Å². The van der Waals surface area contributed by atoms with Crippen LogP contribution < -0.4 is 14.8 Å². The van der Waals surface area contributed by atoms with E-state index in [1.807, 2.05) is 0 Å². The van der Waals surface area contributed by atoms with Crippen molar-refractivity contribution < 1.29 is 19.2 Å². The third-order valence-corrected chi connectivity index (χ3v) is 9.05. The van der Waals surface area contributed by atoms with Gasteiger partial charge in [-0.15, -0.1) is 0 Å². The highest BCUT2D eigenvalue weighted by Crippen LogP contribution is 2.61. The lowest BCUT2D eigenvalue weighted by Gasteiger charge is -2.59. The fourth-order valence-corrected chi connectivity index (χ4v) is 7.58. The van der Waals surface area contributed by atoms with Gasteiger partial charge in [-0.25, -0.2) is 0 Å². The molecular formula is C31H31ClN2O5. The van der Waals surface area contributed by atoms with Crippen LogP contribution in [0.1, 0.15) is 55.8 Å². The van der Waals surface area contributed by atoms with Gasteiger partial charge in [0.1, 0.15) is 23.0 Å². The van der Waals surface area contributed by atoms with Gasteiger partial charge in [0.05, 0.1) is 17.1 Å². The third kappa shape index (κ3) is 5.46. The molecule has 202 valence electrons. The lowest BCUT2D eigenvalue weighted by molar-refractivity contribution is -0.385. The van der Waals surface area contributed by atoms with Gasteiger partial charge in [-0.2, -0.15) is 0 Å². The molecular weight excluding hydrogens is 516 g/mol. The standard InChI is InChI=1S/C31H31ClN2O5/c1-19(31-16-20-9-21(17-31)11-22(10-20)18-31)33-30(35)23-5-7-26(8-6-23)38-28-13-25(34(36)37)14-29(15-28)39-27-4-2-3-24(32)12-27/h2-8,12-15,19-22H,9-11,16-18H2,1H3,(H,33,35)/t19-,20?,21?,22?,31?/m1/s1. The molecule has 1 atom stereocenters. The van der Waals surface area contributed by atoms with Crippen molar-refractivity contribution in [2.45, 2.75) is 51.5 Å². The molecule has 0 heterocycles. The quantitative estimate of drug-likeness (QED) is 0.227. The topological polar surface area (TPSA) is 90.7 Å². The van der Waals surface area contributed by atoms with Crippen LogP contribution in [0.15, 0.2) is 66.7 Å². The third-order valence-electron chi connectivity index (χ3n) is 8.81. The average Bonchev–Trinajstić information content (AvgIpc) is 2.88. The summed E-state index contributed by atoms with van der Waals surface area (Å²) < 4.78 is 11.7. The summed E-state index contributed by atoms with van der Waals surface area (Å²) in [7, 11) is 0. The van der Waals surface area contributed by atoms with Crippen molar-refractivity contribution >= 4 is 23.2 Å². The lowest BCUT2D eigenvalue weighted by atomic mass is 9.48. The molecule has 39 heavy (non-hydrogen) atoms. The van der Waals surface area contributed by atoms with Gasteiger partial charge in [0.25, 0.3) is 11.6 Å². The van der Waals surface area contributed by atoms with E-state index in [0.717, 1.165) is 17.8 Å².